The van der Waals surface area contributed by atoms with Crippen molar-refractivity contribution in [3.05, 3.63) is 37.8 Å². The van der Waals surface area contributed by atoms with E-state index in [2.05, 4.69) is 16.9 Å². The van der Waals surface area contributed by atoms with Crippen molar-refractivity contribution >= 4 is 11.5 Å². The number of nitrogen functional groups attached to an aromatic ring is 1. The van der Waals surface area contributed by atoms with Crippen molar-refractivity contribution in [1.82, 2.24) is 14.4 Å². The smallest absolute Gasteiger partial charge is 0.179 e. The van der Waals surface area contributed by atoms with E-state index in [-0.39, 0.29) is 32.7 Å². The van der Waals surface area contributed by atoms with Crippen LogP contribution in [-0.4, -0.2) is 30.7 Å². The number of anilines is 1. The van der Waals surface area contributed by atoms with Crippen molar-refractivity contribution in [2.75, 3.05) is 5.73 Å². The van der Waals surface area contributed by atoms with Crippen LogP contribution in [0.3, 0.4) is 0 Å². The second-order valence-electron chi connectivity index (χ2n) is 3.44. The van der Waals surface area contributed by atoms with E-state index in [1.54, 1.807) is 16.8 Å². The third-order valence-corrected chi connectivity index (χ3v) is 2.43. The summed E-state index contributed by atoms with van der Waals surface area (Å²) in [5.74, 6) is -0.217. The molecule has 0 unspecified atom stereocenters. The summed E-state index contributed by atoms with van der Waals surface area (Å²) in [6.45, 7) is 4.46. The Morgan fingerprint density at radius 1 is 1.47 bits per heavy atom. The van der Waals surface area contributed by atoms with Gasteiger partial charge in [0, 0.05) is 57.0 Å². The second-order valence-corrected chi connectivity index (χ2v) is 3.44. The molecule has 0 aliphatic carbocycles. The van der Waals surface area contributed by atoms with E-state index < -0.39 is 12.0 Å². The zero-order valence-corrected chi connectivity index (χ0v) is 11.9. The van der Waals surface area contributed by atoms with Crippen LogP contribution in [0.1, 0.15) is 11.6 Å². The molecule has 2 aromatic rings. The molecule has 0 fully saturated rings. The van der Waals surface area contributed by atoms with Crippen LogP contribution in [0.2, 0.25) is 0 Å². The largest absolute Gasteiger partial charge is 0.564 e. The number of hydrogen-bond acceptors (Lipinski definition) is 5. The third-order valence-electron chi connectivity index (χ3n) is 2.43. The van der Waals surface area contributed by atoms with Crippen LogP contribution in [0.5, 0.6) is 0 Å². The molecular formula is C10H12N4O2Y-2. The number of fused-ring (bicyclic) bond motifs is 1. The van der Waals surface area contributed by atoms with Gasteiger partial charge in [-0.3, -0.25) is 0 Å². The van der Waals surface area contributed by atoms with Gasteiger partial charge in [0.25, 0.3) is 0 Å². The van der Waals surface area contributed by atoms with Crippen LogP contribution in [-0.2, 0) is 32.7 Å². The fraction of sp³-hybridized carbons (Fsp3) is 0.200. The Morgan fingerprint density at radius 2 is 2.18 bits per heavy atom. The average molecular weight is 309 g/mol. The van der Waals surface area contributed by atoms with Crippen LogP contribution in [0.25, 0.3) is 5.65 Å². The maximum atomic E-state index is 9.47. The molecule has 0 saturated heterocycles. The van der Waals surface area contributed by atoms with Gasteiger partial charge in [0.2, 0.25) is 0 Å². The van der Waals surface area contributed by atoms with Crippen LogP contribution in [0.4, 0.5) is 5.82 Å². The quantitative estimate of drug-likeness (QED) is 0.700. The molecule has 0 aromatic carbocycles. The summed E-state index contributed by atoms with van der Waals surface area (Å²) in [7, 11) is 0. The van der Waals surface area contributed by atoms with E-state index in [0.29, 0.717) is 23.8 Å². The number of rotatable bonds is 3. The number of aliphatic hydroxyl groups is 2. The van der Waals surface area contributed by atoms with Gasteiger partial charge in [-0.15, -0.1) is 5.92 Å². The summed E-state index contributed by atoms with van der Waals surface area (Å²) in [6, 6.07) is 0. The Labute approximate surface area is 124 Å². The first kappa shape index (κ1) is 14.5. The van der Waals surface area contributed by atoms with Gasteiger partial charge in [0.1, 0.15) is 0 Å². The SMILES string of the molecule is [CH2-][C@@H](c1cnc2c(N)nccn12)[C@H](O)[CH-]O.[Y]. The Bertz CT molecular complexity index is 502. The van der Waals surface area contributed by atoms with Gasteiger partial charge >= 0.3 is 0 Å². The number of nitrogens with zero attached hydrogens (tertiary/aromatic N) is 3. The monoisotopic (exact) mass is 309 g/mol. The van der Waals surface area contributed by atoms with Crippen molar-refractivity contribution < 1.29 is 42.9 Å². The molecule has 2 atom stereocenters. The first-order valence-corrected chi connectivity index (χ1v) is 4.71. The Kier molecular flexibility index (Phi) is 5.00. The Balaban J connectivity index is 0.00000144. The van der Waals surface area contributed by atoms with Gasteiger partial charge < -0.3 is 27.3 Å². The molecule has 0 aliphatic rings. The zero-order valence-electron chi connectivity index (χ0n) is 9.06. The molecule has 0 spiro atoms. The number of hydrogen-bond donors (Lipinski definition) is 3. The predicted octanol–water partition coefficient (Wildman–Crippen LogP) is 0.122. The summed E-state index contributed by atoms with van der Waals surface area (Å²) >= 11 is 0. The van der Waals surface area contributed by atoms with E-state index in [4.69, 9.17) is 10.8 Å². The van der Waals surface area contributed by atoms with Gasteiger partial charge in [0.05, 0.1) is 0 Å². The molecule has 0 bridgehead atoms. The summed E-state index contributed by atoms with van der Waals surface area (Å²) in [4.78, 5) is 7.98. The molecule has 7 heteroatoms. The standard InChI is InChI=1S/C10H12N4O2.Y/c1-6(8(16)5-15)7-4-13-10-9(11)12-2-3-14(7)10;/h2-6,8,15-16H,1H2,(H2,11,12);/q-2;/t6-,8+;/m0./s1. The van der Waals surface area contributed by atoms with E-state index in [9.17, 15) is 5.11 Å². The van der Waals surface area contributed by atoms with Gasteiger partial charge in [-0.2, -0.15) is 6.61 Å². The summed E-state index contributed by atoms with van der Waals surface area (Å²) in [6.07, 6.45) is 3.72. The molecule has 2 heterocycles. The maximum absolute atomic E-state index is 9.47. The topological polar surface area (TPSA) is 96.7 Å². The molecule has 1 radical (unpaired) electrons. The minimum Gasteiger partial charge on any atom is -0.564 e. The van der Waals surface area contributed by atoms with E-state index in [1.165, 1.54) is 6.20 Å². The normalized spacial score (nSPS) is 14.3. The maximum Gasteiger partial charge on any atom is 0.179 e. The van der Waals surface area contributed by atoms with Crippen molar-refractivity contribution in [1.29, 1.82) is 0 Å². The fourth-order valence-corrected chi connectivity index (χ4v) is 1.51. The number of aromatic nitrogens is 3. The third kappa shape index (κ3) is 2.65. The molecule has 89 valence electrons. The number of aliphatic hydroxyl groups excluding tert-OH is 2. The van der Waals surface area contributed by atoms with Gasteiger partial charge in [0.15, 0.2) is 11.5 Å². The van der Waals surface area contributed by atoms with E-state index in [1.807, 2.05) is 0 Å². The van der Waals surface area contributed by atoms with Crippen LogP contribution < -0.4 is 5.73 Å². The van der Waals surface area contributed by atoms with Crippen LogP contribution in [0, 0.1) is 13.5 Å². The van der Waals surface area contributed by atoms with Crippen molar-refractivity contribution in [2.24, 2.45) is 0 Å². The number of imidazole rings is 1. The predicted molar refractivity (Wildman–Crippen MR) is 57.7 cm³/mol. The molecule has 4 N–H and O–H groups in total. The molecular weight excluding hydrogens is 297 g/mol. The molecule has 0 amide bonds. The fourth-order valence-electron chi connectivity index (χ4n) is 1.51. The minimum absolute atomic E-state index is 0. The molecule has 2 rings (SSSR count). The molecule has 0 aliphatic heterocycles. The summed E-state index contributed by atoms with van der Waals surface area (Å²) < 4.78 is 1.69. The molecule has 0 saturated carbocycles. The van der Waals surface area contributed by atoms with Crippen LogP contribution >= 0.6 is 0 Å². The van der Waals surface area contributed by atoms with Gasteiger partial charge in [-0.25, -0.2) is 9.97 Å². The second kappa shape index (κ2) is 5.86. The molecule has 2 aromatic heterocycles. The minimum atomic E-state index is -1.05. The van der Waals surface area contributed by atoms with Crippen molar-refractivity contribution in [2.45, 2.75) is 12.0 Å². The molecule has 6 nitrogen and oxygen atoms in total. The first-order valence-electron chi connectivity index (χ1n) is 4.71. The summed E-state index contributed by atoms with van der Waals surface area (Å²) in [5.41, 5.74) is 6.81. The van der Waals surface area contributed by atoms with Gasteiger partial charge in [-0.1, -0.05) is 6.10 Å². The van der Waals surface area contributed by atoms with Crippen LogP contribution in [0.15, 0.2) is 18.6 Å². The Morgan fingerprint density at radius 3 is 2.82 bits per heavy atom. The molecule has 17 heavy (non-hydrogen) atoms. The summed E-state index contributed by atoms with van der Waals surface area (Å²) in [5, 5.41) is 18.2. The number of nitrogens with two attached hydrogens (primary N) is 1. The zero-order chi connectivity index (χ0) is 11.7. The van der Waals surface area contributed by atoms with E-state index in [0.717, 1.165) is 0 Å². The van der Waals surface area contributed by atoms with Crippen molar-refractivity contribution in [3.63, 3.8) is 0 Å². The Hall–Kier alpha value is -0.556. The first-order chi connectivity index (χ1) is 7.65. The van der Waals surface area contributed by atoms with Gasteiger partial charge in [-0.05, 0) is 0 Å². The van der Waals surface area contributed by atoms with E-state index >= 15 is 0 Å². The average Bonchev–Trinajstić information content (AvgIpc) is 2.72. The van der Waals surface area contributed by atoms with Crippen molar-refractivity contribution in [3.8, 4) is 0 Å².